The molecule has 2 saturated carbocycles. The summed E-state index contributed by atoms with van der Waals surface area (Å²) in [6, 6.07) is 16.4. The van der Waals surface area contributed by atoms with Crippen molar-refractivity contribution in [3.05, 3.63) is 59.7 Å². The number of nitrogens with zero attached hydrogens (tertiary/aromatic N) is 1. The van der Waals surface area contributed by atoms with Crippen molar-refractivity contribution in [2.75, 3.05) is 26.3 Å². The van der Waals surface area contributed by atoms with Gasteiger partial charge in [-0.05, 0) is 47.4 Å². The summed E-state index contributed by atoms with van der Waals surface area (Å²) in [6.45, 7) is 0.800. The number of carboxylic acid groups (broad SMARTS) is 1. The van der Waals surface area contributed by atoms with Gasteiger partial charge in [0, 0.05) is 25.0 Å². The molecule has 1 heterocycles. The highest BCUT2D eigenvalue weighted by Crippen LogP contribution is 2.64. The van der Waals surface area contributed by atoms with E-state index < -0.39 is 12.1 Å². The Morgan fingerprint density at radius 3 is 2.31 bits per heavy atom. The molecule has 2 amide bonds. The maximum Gasteiger partial charge on any atom is 0.407 e. The Bertz CT molecular complexity index is 1150. The molecule has 3 aliphatic carbocycles. The van der Waals surface area contributed by atoms with Crippen LogP contribution < -0.4 is 5.32 Å². The molecule has 4 aliphatic rings. The Labute approximate surface area is 203 Å². The molecular weight excluding hydrogens is 448 g/mol. The number of hydrogen-bond acceptors (Lipinski definition) is 5. The molecule has 182 valence electrons. The first-order valence-electron chi connectivity index (χ1n) is 12.2. The lowest BCUT2D eigenvalue weighted by molar-refractivity contribution is -0.157. The third-order valence-electron chi connectivity index (χ3n) is 8.08. The number of carboxylic acids is 1. The molecule has 1 aliphatic heterocycles. The number of amides is 2. The van der Waals surface area contributed by atoms with Gasteiger partial charge in [-0.15, -0.1) is 0 Å². The third-order valence-corrected chi connectivity index (χ3v) is 8.08. The Balaban J connectivity index is 1.01. The first-order valence-corrected chi connectivity index (χ1v) is 12.2. The lowest BCUT2D eigenvalue weighted by Crippen LogP contribution is -2.57. The summed E-state index contributed by atoms with van der Waals surface area (Å²) < 4.78 is 10.9. The first kappa shape index (κ1) is 22.1. The van der Waals surface area contributed by atoms with Gasteiger partial charge in [0.1, 0.15) is 13.2 Å². The van der Waals surface area contributed by atoms with Crippen molar-refractivity contribution in [3.8, 4) is 11.1 Å². The van der Waals surface area contributed by atoms with E-state index in [0.29, 0.717) is 19.5 Å². The molecule has 35 heavy (non-hydrogen) atoms. The van der Waals surface area contributed by atoms with Crippen molar-refractivity contribution in [3.63, 3.8) is 0 Å². The fraction of sp³-hybridized carbons (Fsp3) is 0.444. The van der Waals surface area contributed by atoms with Gasteiger partial charge in [0.15, 0.2) is 0 Å². The van der Waals surface area contributed by atoms with E-state index >= 15 is 0 Å². The van der Waals surface area contributed by atoms with Crippen molar-refractivity contribution in [1.29, 1.82) is 0 Å². The van der Waals surface area contributed by atoms with Crippen LogP contribution in [-0.4, -0.2) is 66.4 Å². The van der Waals surface area contributed by atoms with E-state index in [1.54, 1.807) is 4.90 Å². The summed E-state index contributed by atoms with van der Waals surface area (Å²) in [7, 11) is 0. The van der Waals surface area contributed by atoms with Gasteiger partial charge in [-0.25, -0.2) is 9.59 Å². The number of rotatable bonds is 7. The van der Waals surface area contributed by atoms with Gasteiger partial charge in [0.05, 0.1) is 11.5 Å². The molecule has 0 bridgehead atoms. The smallest absolute Gasteiger partial charge is 0.407 e. The highest BCUT2D eigenvalue weighted by atomic mass is 16.5. The van der Waals surface area contributed by atoms with Crippen LogP contribution in [0.3, 0.4) is 0 Å². The molecule has 2 aromatic rings. The highest BCUT2D eigenvalue weighted by Gasteiger charge is 2.66. The molecule has 8 nitrogen and oxygen atoms in total. The van der Waals surface area contributed by atoms with E-state index in [2.05, 4.69) is 29.6 Å². The number of likely N-dealkylation sites (tertiary alicyclic amines) is 1. The van der Waals surface area contributed by atoms with Crippen molar-refractivity contribution < 1.29 is 29.0 Å². The number of ether oxygens (including phenoxy) is 2. The molecule has 1 saturated heterocycles. The molecule has 3 fully saturated rings. The molecule has 0 unspecified atom stereocenters. The van der Waals surface area contributed by atoms with Crippen LogP contribution in [0, 0.1) is 11.3 Å². The van der Waals surface area contributed by atoms with Crippen molar-refractivity contribution in [2.45, 2.75) is 37.3 Å². The van der Waals surface area contributed by atoms with Crippen LogP contribution in [-0.2, 0) is 19.1 Å². The van der Waals surface area contributed by atoms with Gasteiger partial charge in [-0.2, -0.15) is 0 Å². The number of aliphatic carboxylic acids is 1. The van der Waals surface area contributed by atoms with Crippen LogP contribution >= 0.6 is 0 Å². The molecular formula is C27H28N2O6. The van der Waals surface area contributed by atoms with Crippen LogP contribution in [0.2, 0.25) is 0 Å². The molecule has 0 spiro atoms. The Morgan fingerprint density at radius 2 is 1.66 bits per heavy atom. The van der Waals surface area contributed by atoms with Crippen LogP contribution in [0.25, 0.3) is 11.1 Å². The zero-order valence-corrected chi connectivity index (χ0v) is 19.3. The average Bonchev–Trinajstić information content (AvgIpc) is 3.24. The van der Waals surface area contributed by atoms with E-state index in [9.17, 15) is 14.4 Å². The summed E-state index contributed by atoms with van der Waals surface area (Å²) in [4.78, 5) is 38.1. The van der Waals surface area contributed by atoms with E-state index in [0.717, 1.165) is 12.8 Å². The van der Waals surface area contributed by atoms with Gasteiger partial charge < -0.3 is 24.8 Å². The van der Waals surface area contributed by atoms with Crippen molar-refractivity contribution in [1.82, 2.24) is 10.2 Å². The third kappa shape index (κ3) is 3.86. The fourth-order valence-electron chi connectivity index (χ4n) is 6.29. The summed E-state index contributed by atoms with van der Waals surface area (Å²) >= 11 is 0. The second-order valence-corrected chi connectivity index (χ2v) is 10.2. The summed E-state index contributed by atoms with van der Waals surface area (Å²) in [6.07, 6.45) is 1.61. The quantitative estimate of drug-likeness (QED) is 0.637. The molecule has 6 rings (SSSR count). The van der Waals surface area contributed by atoms with Gasteiger partial charge >= 0.3 is 12.1 Å². The van der Waals surface area contributed by atoms with Crippen LogP contribution in [0.4, 0.5) is 4.79 Å². The van der Waals surface area contributed by atoms with Crippen LogP contribution in [0.5, 0.6) is 0 Å². The minimum atomic E-state index is -1.01. The molecule has 2 N–H and O–H groups in total. The van der Waals surface area contributed by atoms with E-state index in [4.69, 9.17) is 14.6 Å². The number of carbonyl (C=O) groups is 3. The van der Waals surface area contributed by atoms with Crippen LogP contribution in [0.15, 0.2) is 48.5 Å². The first-order chi connectivity index (χ1) is 16.9. The summed E-state index contributed by atoms with van der Waals surface area (Å²) in [5, 5.41) is 11.7. The largest absolute Gasteiger partial charge is 0.480 e. The van der Waals surface area contributed by atoms with Crippen molar-refractivity contribution >= 4 is 18.0 Å². The number of hydrogen-bond donors (Lipinski definition) is 2. The fourth-order valence-corrected chi connectivity index (χ4v) is 6.29. The van der Waals surface area contributed by atoms with Gasteiger partial charge in [-0.1, -0.05) is 48.5 Å². The lowest BCUT2D eigenvalue weighted by atomic mass is 9.97. The molecule has 0 radical (unpaired) electrons. The number of fused-ring (bicyclic) bond motifs is 4. The normalized spacial score (nSPS) is 26.3. The van der Waals surface area contributed by atoms with E-state index in [1.807, 2.05) is 24.3 Å². The van der Waals surface area contributed by atoms with E-state index in [-0.39, 0.29) is 48.5 Å². The SMILES string of the molecule is O=C(O)COC1CN(C(=O)[C@]23C[C@H](NC(=O)OCC4c5ccccc5-c5ccccc54)C[C@H]2C3)C1. The zero-order chi connectivity index (χ0) is 24.2. The lowest BCUT2D eigenvalue weighted by Gasteiger charge is -2.40. The van der Waals surface area contributed by atoms with Gasteiger partial charge in [0.25, 0.3) is 0 Å². The Morgan fingerprint density at radius 1 is 1.00 bits per heavy atom. The Kier molecular flexibility index (Phi) is 5.29. The standard InChI is InChI=1S/C27H28N2O6/c30-24(31)15-34-18-12-29(13-18)25(32)27-10-16(27)9-17(11-27)28-26(33)35-14-23-21-7-3-1-5-19(21)20-6-2-4-8-22(20)23/h1-8,16-18,23H,9-15H2,(H,28,33)(H,30,31)/t16-,17+,27+/m0/s1. The second kappa shape index (κ2) is 8.37. The van der Waals surface area contributed by atoms with Gasteiger partial charge in [0.2, 0.25) is 5.91 Å². The average molecular weight is 477 g/mol. The van der Waals surface area contributed by atoms with E-state index in [1.165, 1.54) is 22.3 Å². The highest BCUT2D eigenvalue weighted by molar-refractivity contribution is 5.87. The maximum absolute atomic E-state index is 13.0. The monoisotopic (exact) mass is 476 g/mol. The molecule has 0 aromatic heterocycles. The molecule has 8 heteroatoms. The maximum atomic E-state index is 13.0. The number of benzene rings is 2. The second-order valence-electron chi connectivity index (χ2n) is 10.2. The molecule has 2 aromatic carbocycles. The minimum Gasteiger partial charge on any atom is -0.480 e. The van der Waals surface area contributed by atoms with Gasteiger partial charge in [-0.3, -0.25) is 4.79 Å². The molecule has 3 atom stereocenters. The summed E-state index contributed by atoms with van der Waals surface area (Å²) in [5.74, 6) is -0.600. The predicted octanol–water partition coefficient (Wildman–Crippen LogP) is 3.01. The topological polar surface area (TPSA) is 105 Å². The Hall–Kier alpha value is -3.39. The van der Waals surface area contributed by atoms with Crippen molar-refractivity contribution in [2.24, 2.45) is 11.3 Å². The minimum absolute atomic E-state index is 0.0146. The summed E-state index contributed by atoms with van der Waals surface area (Å²) in [5.41, 5.74) is 4.34. The van der Waals surface area contributed by atoms with Crippen LogP contribution in [0.1, 0.15) is 36.3 Å². The number of alkyl carbamates (subject to hydrolysis) is 1. The zero-order valence-electron chi connectivity index (χ0n) is 19.3. The predicted molar refractivity (Wildman–Crippen MR) is 126 cm³/mol. The number of nitrogens with one attached hydrogen (secondary N) is 1. The number of carbonyl (C=O) groups excluding carboxylic acids is 2.